The normalized spacial score (nSPS) is 11.1. The van der Waals surface area contributed by atoms with Crippen LogP contribution in [-0.2, 0) is 6.42 Å². The molecule has 0 aliphatic carbocycles. The second-order valence-electron chi connectivity index (χ2n) is 4.54. The zero-order valence-electron chi connectivity index (χ0n) is 11.6. The lowest BCUT2D eigenvalue weighted by Crippen LogP contribution is -1.99. The van der Waals surface area contributed by atoms with Crippen LogP contribution >= 0.6 is 11.8 Å². The fraction of sp³-hybridized carbons (Fsp3) is 0.250. The van der Waals surface area contributed by atoms with Gasteiger partial charge in [0.1, 0.15) is 6.07 Å². The second kappa shape index (κ2) is 5.18. The first-order valence-corrected chi connectivity index (χ1v) is 7.74. The number of para-hydroxylation sites is 2. The van der Waals surface area contributed by atoms with Crippen LogP contribution in [0.2, 0.25) is 0 Å². The summed E-state index contributed by atoms with van der Waals surface area (Å²) in [5.41, 5.74) is 4.56. The summed E-state index contributed by atoms with van der Waals surface area (Å²) in [4.78, 5) is 4.66. The Balaban J connectivity index is 2.50. The van der Waals surface area contributed by atoms with Crippen molar-refractivity contribution in [2.45, 2.75) is 25.3 Å². The summed E-state index contributed by atoms with van der Waals surface area (Å²) in [5, 5.41) is 10.6. The van der Waals surface area contributed by atoms with Crippen LogP contribution in [0.4, 0.5) is 0 Å². The molecule has 4 heteroatoms. The van der Waals surface area contributed by atoms with E-state index in [1.807, 2.05) is 18.2 Å². The fourth-order valence-electron chi connectivity index (χ4n) is 2.50. The van der Waals surface area contributed by atoms with Crippen LogP contribution in [0.1, 0.15) is 25.0 Å². The van der Waals surface area contributed by atoms with Gasteiger partial charge >= 0.3 is 0 Å². The smallest absolute Gasteiger partial charge is 0.157 e. The Kier molecular flexibility index (Phi) is 3.37. The van der Waals surface area contributed by atoms with Gasteiger partial charge in [0.25, 0.3) is 0 Å². The number of imidazole rings is 1. The molecule has 0 amide bonds. The number of aromatic nitrogens is 2. The van der Waals surface area contributed by atoms with Crippen LogP contribution in [0.5, 0.6) is 0 Å². The molecular weight excluding hydrogens is 266 g/mol. The van der Waals surface area contributed by atoms with Crippen molar-refractivity contribution in [1.82, 2.24) is 9.38 Å². The molecule has 1 aromatic carbocycles. The maximum Gasteiger partial charge on any atom is 0.157 e. The summed E-state index contributed by atoms with van der Waals surface area (Å²) in [5.74, 6) is 0.997. The van der Waals surface area contributed by atoms with Crippen LogP contribution in [0.25, 0.3) is 16.7 Å². The lowest BCUT2D eigenvalue weighted by molar-refractivity contribution is 1.00. The summed E-state index contributed by atoms with van der Waals surface area (Å²) < 4.78 is 2.11. The lowest BCUT2D eigenvalue weighted by atomic mass is 10.1. The summed E-state index contributed by atoms with van der Waals surface area (Å²) in [7, 11) is 0. The zero-order chi connectivity index (χ0) is 14.1. The highest BCUT2D eigenvalue weighted by molar-refractivity contribution is 7.99. The van der Waals surface area contributed by atoms with Gasteiger partial charge in [0.15, 0.2) is 5.65 Å². The third-order valence-electron chi connectivity index (χ3n) is 3.41. The number of nitrogens with zero attached hydrogens (tertiary/aromatic N) is 3. The highest BCUT2D eigenvalue weighted by atomic mass is 32.2. The van der Waals surface area contributed by atoms with Gasteiger partial charge in [0.05, 0.1) is 21.6 Å². The molecule has 0 aliphatic rings. The van der Waals surface area contributed by atoms with Gasteiger partial charge in [-0.1, -0.05) is 26.0 Å². The monoisotopic (exact) mass is 281 g/mol. The molecule has 3 nitrogen and oxygen atoms in total. The van der Waals surface area contributed by atoms with Gasteiger partial charge in [-0.05, 0) is 35.9 Å². The molecule has 3 aromatic rings. The number of hydrogen-bond donors (Lipinski definition) is 0. The molecule has 100 valence electrons. The molecule has 0 radical (unpaired) electrons. The Hall–Kier alpha value is -1.99. The molecular formula is C16H15N3S. The van der Waals surface area contributed by atoms with E-state index in [1.54, 1.807) is 11.8 Å². The van der Waals surface area contributed by atoms with Crippen molar-refractivity contribution in [3.63, 3.8) is 0 Å². The number of fused-ring (bicyclic) bond motifs is 3. The van der Waals surface area contributed by atoms with Crippen molar-refractivity contribution < 1.29 is 0 Å². The Morgan fingerprint density at radius 1 is 1.30 bits per heavy atom. The van der Waals surface area contributed by atoms with E-state index in [4.69, 9.17) is 0 Å². The van der Waals surface area contributed by atoms with Gasteiger partial charge in [-0.25, -0.2) is 4.98 Å². The van der Waals surface area contributed by atoms with Crippen LogP contribution in [0.3, 0.4) is 0 Å². The zero-order valence-corrected chi connectivity index (χ0v) is 12.4. The van der Waals surface area contributed by atoms with E-state index in [-0.39, 0.29) is 0 Å². The number of nitriles is 1. The van der Waals surface area contributed by atoms with Crippen LogP contribution in [0, 0.1) is 11.3 Å². The van der Waals surface area contributed by atoms with E-state index in [0.717, 1.165) is 39.4 Å². The molecule has 0 saturated carbocycles. The number of pyridine rings is 1. The molecule has 2 heterocycles. The molecule has 2 aromatic heterocycles. The number of hydrogen-bond acceptors (Lipinski definition) is 3. The van der Waals surface area contributed by atoms with Crippen LogP contribution in [0.15, 0.2) is 35.4 Å². The quantitative estimate of drug-likeness (QED) is 0.680. The average Bonchev–Trinajstić information content (AvgIpc) is 2.86. The van der Waals surface area contributed by atoms with Crippen molar-refractivity contribution in [3.05, 3.63) is 41.5 Å². The number of rotatable bonds is 3. The predicted octanol–water partition coefficient (Wildman–Crippen LogP) is 4.03. The first-order chi connectivity index (χ1) is 9.80. The summed E-state index contributed by atoms with van der Waals surface area (Å²) in [6.45, 7) is 4.22. The lowest BCUT2D eigenvalue weighted by Gasteiger charge is -2.09. The second-order valence-corrected chi connectivity index (χ2v) is 5.83. The van der Waals surface area contributed by atoms with E-state index < -0.39 is 0 Å². The van der Waals surface area contributed by atoms with Crippen LogP contribution < -0.4 is 0 Å². The van der Waals surface area contributed by atoms with Crippen molar-refractivity contribution in [3.8, 4) is 6.07 Å². The van der Waals surface area contributed by atoms with Crippen molar-refractivity contribution in [1.29, 1.82) is 5.26 Å². The third kappa shape index (κ3) is 1.86. The molecule has 0 atom stereocenters. The maximum absolute atomic E-state index is 9.48. The Bertz CT molecular complexity index is 827. The molecule has 0 spiro atoms. The summed E-state index contributed by atoms with van der Waals surface area (Å²) in [6.07, 6.45) is 0.847. The van der Waals surface area contributed by atoms with E-state index in [2.05, 4.69) is 41.4 Å². The largest absolute Gasteiger partial charge is 0.286 e. The maximum atomic E-state index is 9.48. The van der Waals surface area contributed by atoms with E-state index in [0.29, 0.717) is 5.56 Å². The van der Waals surface area contributed by atoms with E-state index in [1.165, 1.54) is 0 Å². The third-order valence-corrected chi connectivity index (χ3v) is 4.29. The molecule has 0 fully saturated rings. The molecule has 3 rings (SSSR count). The minimum Gasteiger partial charge on any atom is -0.286 e. The van der Waals surface area contributed by atoms with Gasteiger partial charge in [-0.15, -0.1) is 11.8 Å². The molecule has 0 bridgehead atoms. The van der Waals surface area contributed by atoms with E-state index >= 15 is 0 Å². The first kappa shape index (κ1) is 13.0. The van der Waals surface area contributed by atoms with Gasteiger partial charge in [0.2, 0.25) is 0 Å². The van der Waals surface area contributed by atoms with Gasteiger partial charge in [0, 0.05) is 0 Å². The minimum atomic E-state index is 0.698. The van der Waals surface area contributed by atoms with Gasteiger partial charge in [-0.2, -0.15) is 5.26 Å². The van der Waals surface area contributed by atoms with Gasteiger partial charge in [-0.3, -0.25) is 4.40 Å². The topological polar surface area (TPSA) is 41.1 Å². The first-order valence-electron chi connectivity index (χ1n) is 6.76. The molecule has 0 aliphatic heterocycles. The fourth-order valence-corrected chi connectivity index (χ4v) is 3.34. The molecule has 0 saturated heterocycles. The standard InChI is InChI=1S/C16H15N3S/c1-3-11-9-15(20-4-2)19-14-8-6-5-7-13(14)18-16(19)12(11)10-17/h5-9H,3-4H2,1-2H3. The highest BCUT2D eigenvalue weighted by Gasteiger charge is 2.15. The van der Waals surface area contributed by atoms with Crippen molar-refractivity contribution >= 4 is 28.4 Å². The number of aryl methyl sites for hydroxylation is 1. The van der Waals surface area contributed by atoms with Crippen LogP contribution in [-0.4, -0.2) is 15.1 Å². The Morgan fingerprint density at radius 3 is 2.80 bits per heavy atom. The van der Waals surface area contributed by atoms with Crippen molar-refractivity contribution in [2.75, 3.05) is 5.75 Å². The number of thioether (sulfide) groups is 1. The van der Waals surface area contributed by atoms with E-state index in [9.17, 15) is 5.26 Å². The average molecular weight is 281 g/mol. The molecule has 0 N–H and O–H groups in total. The van der Waals surface area contributed by atoms with Crippen molar-refractivity contribution in [2.24, 2.45) is 0 Å². The molecule has 0 unspecified atom stereocenters. The summed E-state index contributed by atoms with van der Waals surface area (Å²) in [6, 6.07) is 12.5. The minimum absolute atomic E-state index is 0.698. The number of benzene rings is 1. The highest BCUT2D eigenvalue weighted by Crippen LogP contribution is 2.29. The van der Waals surface area contributed by atoms with Gasteiger partial charge < -0.3 is 0 Å². The summed E-state index contributed by atoms with van der Waals surface area (Å²) >= 11 is 1.79. The predicted molar refractivity (Wildman–Crippen MR) is 83.2 cm³/mol. The SMILES string of the molecule is CCSc1cc(CC)c(C#N)c2nc3ccccc3n12. The Labute approximate surface area is 122 Å². The molecule has 20 heavy (non-hydrogen) atoms. The Morgan fingerprint density at radius 2 is 2.10 bits per heavy atom.